The van der Waals surface area contributed by atoms with Gasteiger partial charge in [0.05, 0.1) is 6.61 Å². The minimum atomic E-state index is -1.54. The van der Waals surface area contributed by atoms with E-state index in [1.807, 2.05) is 36.4 Å². The lowest BCUT2D eigenvalue weighted by Gasteiger charge is -2.40. The van der Waals surface area contributed by atoms with Crippen LogP contribution in [0.4, 0.5) is 0 Å². The van der Waals surface area contributed by atoms with Gasteiger partial charge in [0, 0.05) is 26.7 Å². The molecule has 0 spiro atoms. The van der Waals surface area contributed by atoms with Crippen molar-refractivity contribution in [2.24, 2.45) is 0 Å². The largest absolute Gasteiger partial charge is 0.466 e. The Bertz CT molecular complexity index is 959. The molecule has 2 aromatic carbocycles. The molecule has 184 valence electrons. The molecule has 3 N–H and O–H groups in total. The van der Waals surface area contributed by atoms with Crippen LogP contribution in [0.3, 0.4) is 0 Å². The molecule has 0 bridgehead atoms. The summed E-state index contributed by atoms with van der Waals surface area (Å²) in [5, 5.41) is 30.8. The van der Waals surface area contributed by atoms with E-state index < -0.39 is 36.7 Å². The Morgan fingerprint density at radius 2 is 1.50 bits per heavy atom. The fourth-order valence-corrected chi connectivity index (χ4v) is 3.60. The summed E-state index contributed by atoms with van der Waals surface area (Å²) in [7, 11) is 0. The summed E-state index contributed by atoms with van der Waals surface area (Å²) in [5.41, 5.74) is 2.88. The van der Waals surface area contributed by atoms with Gasteiger partial charge in [0.15, 0.2) is 0 Å². The third kappa shape index (κ3) is 7.01. The Kier molecular flexibility index (Phi) is 9.00. The zero-order chi connectivity index (χ0) is 24.7. The molecule has 0 aliphatic carbocycles. The summed E-state index contributed by atoms with van der Waals surface area (Å²) in [4.78, 5) is 22.0. The van der Waals surface area contributed by atoms with Crippen LogP contribution in [-0.4, -0.2) is 71.2 Å². The van der Waals surface area contributed by atoms with Gasteiger partial charge in [0.25, 0.3) is 0 Å². The van der Waals surface area contributed by atoms with Gasteiger partial charge in [-0.1, -0.05) is 42.5 Å². The van der Waals surface area contributed by atoms with Gasteiger partial charge in [-0.2, -0.15) is 0 Å². The highest BCUT2D eigenvalue weighted by Crippen LogP contribution is 2.28. The molecule has 0 unspecified atom stereocenters. The normalized spacial score (nSPS) is 24.3. The number of aliphatic hydroxyl groups excluding tert-OH is 3. The number of aliphatic hydroxyl groups is 3. The van der Waals surface area contributed by atoms with E-state index >= 15 is 0 Å². The predicted octanol–water partition coefficient (Wildman–Crippen LogP) is 1.13. The first-order valence-corrected chi connectivity index (χ1v) is 11.0. The highest BCUT2D eigenvalue weighted by molar-refractivity contribution is 5.66. The van der Waals surface area contributed by atoms with E-state index in [4.69, 9.17) is 18.9 Å². The summed E-state index contributed by atoms with van der Waals surface area (Å²) < 4.78 is 21.4. The molecule has 5 atom stereocenters. The van der Waals surface area contributed by atoms with Crippen molar-refractivity contribution in [1.29, 1.82) is 0 Å². The van der Waals surface area contributed by atoms with E-state index in [-0.39, 0.29) is 12.6 Å². The van der Waals surface area contributed by atoms with Crippen molar-refractivity contribution in [2.75, 3.05) is 13.2 Å². The summed E-state index contributed by atoms with van der Waals surface area (Å²) in [5.74, 6) is -0.419. The van der Waals surface area contributed by atoms with Gasteiger partial charge in [0.2, 0.25) is 6.29 Å². The Labute approximate surface area is 197 Å². The van der Waals surface area contributed by atoms with Gasteiger partial charge in [0.1, 0.15) is 36.8 Å². The Balaban J connectivity index is 1.67. The Morgan fingerprint density at radius 1 is 0.853 bits per heavy atom. The number of rotatable bonds is 9. The molecule has 9 heteroatoms. The first-order valence-electron chi connectivity index (χ1n) is 11.0. The van der Waals surface area contributed by atoms with Crippen LogP contribution in [-0.2, 0) is 36.6 Å². The molecule has 3 rings (SSSR count). The van der Waals surface area contributed by atoms with Crippen LogP contribution in [0.2, 0.25) is 0 Å². The number of hydrogen-bond acceptors (Lipinski definition) is 9. The SMILES string of the molecule is CC(=O)OCCc1ccc(Cc2ccccc2O[C@@H]2O[C@H](COC(C)=O)[C@@H](O)[C@H](O)[C@H]2O)cc1. The second kappa shape index (κ2) is 11.9. The lowest BCUT2D eigenvalue weighted by molar-refractivity contribution is -0.278. The molecule has 1 fully saturated rings. The van der Waals surface area contributed by atoms with E-state index in [2.05, 4.69) is 0 Å². The lowest BCUT2D eigenvalue weighted by Crippen LogP contribution is -2.60. The van der Waals surface area contributed by atoms with E-state index in [9.17, 15) is 24.9 Å². The first kappa shape index (κ1) is 25.6. The molecule has 0 amide bonds. The molecule has 2 aromatic rings. The maximum absolute atomic E-state index is 11.1. The zero-order valence-corrected chi connectivity index (χ0v) is 19.1. The molecular formula is C25H30O9. The number of para-hydroxylation sites is 1. The third-order valence-corrected chi connectivity index (χ3v) is 5.45. The van der Waals surface area contributed by atoms with Crippen LogP contribution >= 0.6 is 0 Å². The predicted molar refractivity (Wildman–Crippen MR) is 120 cm³/mol. The molecule has 9 nitrogen and oxygen atoms in total. The maximum atomic E-state index is 11.1. The van der Waals surface area contributed by atoms with Crippen LogP contribution in [0.5, 0.6) is 5.75 Å². The second-order valence-electron chi connectivity index (χ2n) is 8.13. The van der Waals surface area contributed by atoms with Crippen LogP contribution in [0.25, 0.3) is 0 Å². The summed E-state index contributed by atoms with van der Waals surface area (Å²) >= 11 is 0. The van der Waals surface area contributed by atoms with E-state index in [1.54, 1.807) is 12.1 Å². The van der Waals surface area contributed by atoms with Crippen molar-refractivity contribution >= 4 is 11.9 Å². The smallest absolute Gasteiger partial charge is 0.302 e. The quantitative estimate of drug-likeness (QED) is 0.458. The van der Waals surface area contributed by atoms with Crippen molar-refractivity contribution < 1.29 is 43.9 Å². The molecule has 34 heavy (non-hydrogen) atoms. The highest BCUT2D eigenvalue weighted by atomic mass is 16.7. The van der Waals surface area contributed by atoms with E-state index in [0.717, 1.165) is 16.7 Å². The number of ether oxygens (including phenoxy) is 4. The van der Waals surface area contributed by atoms with Gasteiger partial charge in [-0.05, 0) is 22.8 Å². The minimum Gasteiger partial charge on any atom is -0.466 e. The molecule has 0 radical (unpaired) electrons. The molecule has 0 saturated carbocycles. The number of benzene rings is 2. The topological polar surface area (TPSA) is 132 Å². The van der Waals surface area contributed by atoms with Crippen LogP contribution < -0.4 is 4.74 Å². The Hall–Kier alpha value is -2.98. The standard InChI is InChI=1S/C25H30O9/c1-15(26)31-12-11-17-7-9-18(10-8-17)13-19-5-3-4-6-20(19)33-25-24(30)23(29)22(28)21(34-25)14-32-16(2)27/h3-10,21-25,28-30H,11-14H2,1-2H3/t21-,22-,23+,24-,25-/m1/s1. The van der Waals surface area contributed by atoms with Gasteiger partial charge in [-0.15, -0.1) is 0 Å². The number of carbonyl (C=O) groups excluding carboxylic acids is 2. The number of hydrogen-bond donors (Lipinski definition) is 3. The molecular weight excluding hydrogens is 444 g/mol. The molecule has 0 aromatic heterocycles. The van der Waals surface area contributed by atoms with Crippen LogP contribution in [0.1, 0.15) is 30.5 Å². The average Bonchev–Trinajstić information content (AvgIpc) is 2.80. The fraction of sp³-hybridized carbons (Fsp3) is 0.440. The molecule has 1 aliphatic rings. The second-order valence-corrected chi connectivity index (χ2v) is 8.13. The van der Waals surface area contributed by atoms with Gasteiger partial charge in [-0.3, -0.25) is 9.59 Å². The average molecular weight is 475 g/mol. The van der Waals surface area contributed by atoms with Gasteiger partial charge >= 0.3 is 11.9 Å². The van der Waals surface area contributed by atoms with Gasteiger partial charge in [-0.25, -0.2) is 0 Å². The lowest BCUT2D eigenvalue weighted by atomic mass is 9.99. The fourth-order valence-electron chi connectivity index (χ4n) is 3.60. The van der Waals surface area contributed by atoms with Crippen molar-refractivity contribution in [3.63, 3.8) is 0 Å². The molecule has 1 saturated heterocycles. The summed E-state index contributed by atoms with van der Waals surface area (Å²) in [6, 6.07) is 15.1. The highest BCUT2D eigenvalue weighted by Gasteiger charge is 2.45. The zero-order valence-electron chi connectivity index (χ0n) is 19.1. The van der Waals surface area contributed by atoms with E-state index in [1.165, 1.54) is 13.8 Å². The monoisotopic (exact) mass is 474 g/mol. The van der Waals surface area contributed by atoms with Gasteiger partial charge < -0.3 is 34.3 Å². The van der Waals surface area contributed by atoms with Crippen LogP contribution in [0.15, 0.2) is 48.5 Å². The summed E-state index contributed by atoms with van der Waals surface area (Å²) in [6.07, 6.45) is -5.66. The number of esters is 2. The number of carbonyl (C=O) groups is 2. The van der Waals surface area contributed by atoms with E-state index in [0.29, 0.717) is 25.2 Å². The molecule has 1 aliphatic heterocycles. The van der Waals surface area contributed by atoms with Crippen molar-refractivity contribution in [2.45, 2.75) is 57.4 Å². The maximum Gasteiger partial charge on any atom is 0.302 e. The third-order valence-electron chi connectivity index (χ3n) is 5.45. The first-order chi connectivity index (χ1) is 16.2. The van der Waals surface area contributed by atoms with Crippen molar-refractivity contribution in [3.8, 4) is 5.75 Å². The molecule has 1 heterocycles. The summed E-state index contributed by atoms with van der Waals surface area (Å²) in [6.45, 7) is 2.64. The minimum absolute atomic E-state index is 0.286. The Morgan fingerprint density at radius 3 is 2.18 bits per heavy atom. The van der Waals surface area contributed by atoms with Crippen LogP contribution in [0, 0.1) is 0 Å². The van der Waals surface area contributed by atoms with Crippen molar-refractivity contribution in [3.05, 3.63) is 65.2 Å². The van der Waals surface area contributed by atoms with Crippen molar-refractivity contribution in [1.82, 2.24) is 0 Å².